The maximum atomic E-state index is 12.7. The fourth-order valence-corrected chi connectivity index (χ4v) is 3.56. The van der Waals surface area contributed by atoms with Crippen LogP contribution < -0.4 is 15.2 Å². The summed E-state index contributed by atoms with van der Waals surface area (Å²) in [4.78, 5) is 18.0. The third-order valence-corrected chi connectivity index (χ3v) is 5.01. The number of ether oxygens (including phenoxy) is 1. The molecule has 1 aromatic carbocycles. The Kier molecular flexibility index (Phi) is 4.95. The number of alkyl halides is 3. The Labute approximate surface area is 167 Å². The first-order chi connectivity index (χ1) is 13.8. The van der Waals surface area contributed by atoms with Gasteiger partial charge in [-0.2, -0.15) is 5.10 Å². The van der Waals surface area contributed by atoms with Gasteiger partial charge in [0.2, 0.25) is 0 Å². The zero-order valence-corrected chi connectivity index (χ0v) is 15.7. The van der Waals surface area contributed by atoms with Crippen molar-refractivity contribution in [2.75, 3.05) is 11.4 Å². The van der Waals surface area contributed by atoms with Gasteiger partial charge in [-0.05, 0) is 6.07 Å². The number of imidazole rings is 1. The number of halogens is 4. The van der Waals surface area contributed by atoms with Crippen molar-refractivity contribution in [1.82, 2.24) is 19.7 Å². The van der Waals surface area contributed by atoms with Crippen LogP contribution in [0.3, 0.4) is 0 Å². The number of hydrogen-bond acceptors (Lipinski definition) is 5. The summed E-state index contributed by atoms with van der Waals surface area (Å²) in [6, 6.07) is 6.02. The van der Waals surface area contributed by atoms with Gasteiger partial charge < -0.3 is 14.2 Å². The number of para-hydroxylation sites is 1. The summed E-state index contributed by atoms with van der Waals surface area (Å²) in [5.74, 6) is -0.235. The van der Waals surface area contributed by atoms with Crippen molar-refractivity contribution in [2.24, 2.45) is 0 Å². The molecule has 1 aliphatic heterocycles. The normalized spacial score (nSPS) is 14.0. The van der Waals surface area contributed by atoms with E-state index in [0.29, 0.717) is 30.8 Å². The molecular formula is C18H15ClF3N5O2. The van der Waals surface area contributed by atoms with E-state index in [1.165, 1.54) is 18.3 Å². The van der Waals surface area contributed by atoms with Crippen molar-refractivity contribution in [3.05, 3.63) is 69.1 Å². The van der Waals surface area contributed by atoms with E-state index in [9.17, 15) is 18.0 Å². The van der Waals surface area contributed by atoms with E-state index in [0.717, 1.165) is 11.4 Å². The molecule has 0 radical (unpaired) electrons. The molecule has 7 nitrogen and oxygen atoms in total. The lowest BCUT2D eigenvalue weighted by Gasteiger charge is -2.29. The predicted molar refractivity (Wildman–Crippen MR) is 99.1 cm³/mol. The monoisotopic (exact) mass is 425 g/mol. The van der Waals surface area contributed by atoms with Gasteiger partial charge in [0.1, 0.15) is 10.8 Å². The Morgan fingerprint density at radius 3 is 2.86 bits per heavy atom. The van der Waals surface area contributed by atoms with Gasteiger partial charge in [-0.25, -0.2) is 10.1 Å². The molecule has 0 saturated heterocycles. The zero-order valence-electron chi connectivity index (χ0n) is 14.9. The molecule has 4 rings (SSSR count). The van der Waals surface area contributed by atoms with Gasteiger partial charge in [0.05, 0.1) is 37.0 Å². The number of hydrogen-bond donors (Lipinski definition) is 1. The van der Waals surface area contributed by atoms with E-state index in [1.807, 2.05) is 9.47 Å². The first-order valence-electron chi connectivity index (χ1n) is 8.66. The highest BCUT2D eigenvalue weighted by atomic mass is 35.5. The summed E-state index contributed by atoms with van der Waals surface area (Å²) in [5, 5.41) is 6.11. The molecule has 3 aromatic rings. The molecular weight excluding hydrogens is 411 g/mol. The highest BCUT2D eigenvalue weighted by Gasteiger charge is 2.32. The Morgan fingerprint density at radius 1 is 1.28 bits per heavy atom. The highest BCUT2D eigenvalue weighted by molar-refractivity contribution is 6.32. The molecule has 29 heavy (non-hydrogen) atoms. The molecule has 0 atom stereocenters. The number of rotatable bonds is 4. The SMILES string of the molecule is O=c1[nH]ncc(N2CCc3c(ncn3Cc3ccccc3OC(F)(F)F)C2)c1Cl. The summed E-state index contributed by atoms with van der Waals surface area (Å²) >= 11 is 6.08. The smallest absolute Gasteiger partial charge is 0.405 e. The molecule has 0 fully saturated rings. The van der Waals surface area contributed by atoms with Gasteiger partial charge in [0, 0.05) is 24.2 Å². The number of anilines is 1. The topological polar surface area (TPSA) is 76.0 Å². The molecule has 0 saturated carbocycles. The van der Waals surface area contributed by atoms with E-state index in [4.69, 9.17) is 11.6 Å². The van der Waals surface area contributed by atoms with Crippen LogP contribution in [0.5, 0.6) is 5.75 Å². The van der Waals surface area contributed by atoms with Crippen molar-refractivity contribution in [2.45, 2.75) is 25.9 Å². The Balaban J connectivity index is 1.57. The molecule has 1 aliphatic rings. The van der Waals surface area contributed by atoms with Crippen molar-refractivity contribution in [3.63, 3.8) is 0 Å². The number of nitrogens with zero attached hydrogens (tertiary/aromatic N) is 4. The maximum absolute atomic E-state index is 12.7. The largest absolute Gasteiger partial charge is 0.573 e. The van der Waals surface area contributed by atoms with Gasteiger partial charge in [-0.3, -0.25) is 4.79 Å². The van der Waals surface area contributed by atoms with E-state index in [-0.39, 0.29) is 17.3 Å². The standard InChI is InChI=1S/C18H15ClF3N5O2/c19-16-14(7-24-25-17(16)28)26-6-5-13-12(9-26)23-10-27(13)8-11-3-1-2-4-15(11)29-18(20,21)22/h1-4,7,10H,5-6,8-9H2,(H,25,28). The van der Waals surface area contributed by atoms with Crippen LogP contribution in [0, 0.1) is 0 Å². The lowest BCUT2D eigenvalue weighted by Crippen LogP contribution is -2.32. The van der Waals surface area contributed by atoms with Crippen molar-refractivity contribution >= 4 is 17.3 Å². The average molecular weight is 426 g/mol. The molecule has 11 heteroatoms. The Hall–Kier alpha value is -3.01. The van der Waals surface area contributed by atoms with Crippen LogP contribution in [0.4, 0.5) is 18.9 Å². The van der Waals surface area contributed by atoms with Crippen LogP contribution >= 0.6 is 11.6 Å². The summed E-state index contributed by atoms with van der Waals surface area (Å²) in [5.41, 5.74) is 2.12. The first kappa shape index (κ1) is 19.3. The second-order valence-corrected chi connectivity index (χ2v) is 6.87. The van der Waals surface area contributed by atoms with Crippen LogP contribution in [0.1, 0.15) is 17.0 Å². The van der Waals surface area contributed by atoms with Gasteiger partial charge in [-0.15, -0.1) is 13.2 Å². The summed E-state index contributed by atoms with van der Waals surface area (Å²) in [6.45, 7) is 1.17. The van der Waals surface area contributed by atoms with E-state index >= 15 is 0 Å². The molecule has 152 valence electrons. The van der Waals surface area contributed by atoms with Gasteiger partial charge >= 0.3 is 6.36 Å². The second kappa shape index (κ2) is 7.43. The number of nitrogens with one attached hydrogen (secondary N) is 1. The fourth-order valence-electron chi connectivity index (χ4n) is 3.35. The van der Waals surface area contributed by atoms with Crippen LogP contribution in [0.25, 0.3) is 0 Å². The summed E-state index contributed by atoms with van der Waals surface area (Å²) in [7, 11) is 0. The third kappa shape index (κ3) is 4.07. The van der Waals surface area contributed by atoms with Crippen LogP contribution in [-0.4, -0.2) is 32.7 Å². The van der Waals surface area contributed by atoms with Gasteiger partial charge in [0.15, 0.2) is 0 Å². The number of fused-ring (bicyclic) bond motifs is 1. The molecule has 2 aromatic heterocycles. The first-order valence-corrected chi connectivity index (χ1v) is 9.04. The molecule has 0 unspecified atom stereocenters. The molecule has 1 N–H and O–H groups in total. The summed E-state index contributed by atoms with van der Waals surface area (Å²) < 4.78 is 43.9. The van der Waals surface area contributed by atoms with Crippen LogP contribution in [-0.2, 0) is 19.5 Å². The Bertz CT molecular complexity index is 1100. The molecule has 0 amide bonds. The van der Waals surface area contributed by atoms with Crippen molar-refractivity contribution < 1.29 is 17.9 Å². The minimum atomic E-state index is -4.76. The molecule has 0 spiro atoms. The van der Waals surface area contributed by atoms with Crippen molar-refractivity contribution in [1.29, 1.82) is 0 Å². The maximum Gasteiger partial charge on any atom is 0.573 e. The number of benzene rings is 1. The third-order valence-electron chi connectivity index (χ3n) is 4.65. The highest BCUT2D eigenvalue weighted by Crippen LogP contribution is 2.30. The number of aromatic nitrogens is 4. The quantitative estimate of drug-likeness (QED) is 0.695. The average Bonchev–Trinajstić information content (AvgIpc) is 3.06. The van der Waals surface area contributed by atoms with E-state index < -0.39 is 11.9 Å². The van der Waals surface area contributed by atoms with Gasteiger partial charge in [0.25, 0.3) is 5.56 Å². The molecule has 0 aliphatic carbocycles. The fraction of sp³-hybridized carbons (Fsp3) is 0.278. The zero-order chi connectivity index (χ0) is 20.6. The lowest BCUT2D eigenvalue weighted by molar-refractivity contribution is -0.274. The Morgan fingerprint density at radius 2 is 2.07 bits per heavy atom. The summed E-state index contributed by atoms with van der Waals surface area (Å²) in [6.07, 6.45) is -1.10. The van der Waals surface area contributed by atoms with Crippen LogP contribution in [0.15, 0.2) is 41.6 Å². The minimum absolute atomic E-state index is 0.0566. The minimum Gasteiger partial charge on any atom is -0.405 e. The van der Waals surface area contributed by atoms with E-state index in [2.05, 4.69) is 19.9 Å². The predicted octanol–water partition coefficient (Wildman–Crippen LogP) is 3.13. The van der Waals surface area contributed by atoms with Crippen LogP contribution in [0.2, 0.25) is 5.02 Å². The molecule has 0 bridgehead atoms. The second-order valence-electron chi connectivity index (χ2n) is 6.49. The lowest BCUT2D eigenvalue weighted by atomic mass is 10.1. The molecule has 3 heterocycles. The van der Waals surface area contributed by atoms with Gasteiger partial charge in [-0.1, -0.05) is 29.8 Å². The number of H-pyrrole nitrogens is 1. The number of aromatic amines is 1. The van der Waals surface area contributed by atoms with Crippen molar-refractivity contribution in [3.8, 4) is 5.75 Å². The van der Waals surface area contributed by atoms with E-state index in [1.54, 1.807) is 18.5 Å².